The molecule has 0 aromatic heterocycles. The summed E-state index contributed by atoms with van der Waals surface area (Å²) in [6, 6.07) is 8.88. The van der Waals surface area contributed by atoms with Crippen LogP contribution in [0.15, 0.2) is 35.2 Å². The molecule has 1 rings (SSSR count). The smallest absolute Gasteiger partial charge is 0.326 e. The van der Waals surface area contributed by atoms with Crippen LogP contribution in [0.4, 0.5) is 0 Å². The first-order chi connectivity index (χ1) is 9.63. The predicted octanol–water partition coefficient (Wildman–Crippen LogP) is 1.51. The minimum atomic E-state index is -1.12. The van der Waals surface area contributed by atoms with Gasteiger partial charge in [0, 0.05) is 24.3 Å². The van der Waals surface area contributed by atoms with Gasteiger partial charge in [-0.2, -0.15) is 0 Å². The van der Waals surface area contributed by atoms with Crippen LogP contribution in [0.25, 0.3) is 0 Å². The predicted molar refractivity (Wildman–Crippen MR) is 77.7 cm³/mol. The summed E-state index contributed by atoms with van der Waals surface area (Å²) >= 11 is 1.66. The molecule has 0 spiro atoms. The quantitative estimate of drug-likeness (QED) is 0.475. The highest BCUT2D eigenvalue weighted by molar-refractivity contribution is 7.99. The minimum Gasteiger partial charge on any atom is -0.480 e. The lowest BCUT2D eigenvalue weighted by Crippen LogP contribution is -2.41. The zero-order chi connectivity index (χ0) is 14.8. The van der Waals surface area contributed by atoms with Gasteiger partial charge in [0.15, 0.2) is 0 Å². The summed E-state index contributed by atoms with van der Waals surface area (Å²) in [5.41, 5.74) is 0. The van der Waals surface area contributed by atoms with E-state index in [1.54, 1.807) is 11.8 Å². The number of thioether (sulfide) groups is 1. The fourth-order valence-electron chi connectivity index (χ4n) is 1.59. The minimum absolute atomic E-state index is 0.0276. The average molecular weight is 297 g/mol. The molecule has 6 heteroatoms. The number of benzene rings is 1. The highest BCUT2D eigenvalue weighted by atomic mass is 32.2. The maximum absolute atomic E-state index is 11.6. The summed E-state index contributed by atoms with van der Waals surface area (Å²) in [5.74, 6) is -0.611. The second-order valence-corrected chi connectivity index (χ2v) is 5.40. The molecule has 0 fully saturated rings. The van der Waals surface area contributed by atoms with Crippen LogP contribution in [-0.2, 0) is 9.59 Å². The molecule has 0 radical (unpaired) electrons. The SMILES string of the molecule is O=C(CCCSc1ccccc1)NC(CCO)C(=O)O. The van der Waals surface area contributed by atoms with Crippen LogP contribution in [0.1, 0.15) is 19.3 Å². The van der Waals surface area contributed by atoms with Crippen LogP contribution >= 0.6 is 11.8 Å². The molecule has 1 aromatic rings. The molecule has 0 heterocycles. The number of carbonyl (C=O) groups is 2. The highest BCUT2D eigenvalue weighted by Crippen LogP contribution is 2.18. The van der Waals surface area contributed by atoms with Crippen LogP contribution in [0, 0.1) is 0 Å². The number of rotatable bonds is 9. The topological polar surface area (TPSA) is 86.6 Å². The second-order valence-electron chi connectivity index (χ2n) is 4.24. The number of carbonyl (C=O) groups excluding carboxylic acids is 1. The molecular weight excluding hydrogens is 278 g/mol. The molecule has 0 saturated carbocycles. The standard InChI is InChI=1S/C14H19NO4S/c16-9-8-12(14(18)19)15-13(17)7-4-10-20-11-5-2-1-3-6-11/h1-3,5-6,12,16H,4,7-10H2,(H,15,17)(H,18,19). The van der Waals surface area contributed by atoms with Crippen LogP contribution in [0.5, 0.6) is 0 Å². The van der Waals surface area contributed by atoms with Gasteiger partial charge < -0.3 is 15.5 Å². The van der Waals surface area contributed by atoms with E-state index < -0.39 is 12.0 Å². The maximum atomic E-state index is 11.6. The Morgan fingerprint density at radius 1 is 1.25 bits per heavy atom. The molecule has 1 unspecified atom stereocenters. The monoisotopic (exact) mass is 297 g/mol. The lowest BCUT2D eigenvalue weighted by atomic mass is 10.2. The van der Waals surface area contributed by atoms with E-state index in [1.165, 1.54) is 0 Å². The first kappa shape index (κ1) is 16.5. The van der Waals surface area contributed by atoms with E-state index in [-0.39, 0.29) is 25.4 Å². The number of hydrogen-bond donors (Lipinski definition) is 3. The summed E-state index contributed by atoms with van der Waals surface area (Å²) in [6.07, 6.45) is 0.992. The van der Waals surface area contributed by atoms with Gasteiger partial charge in [0.2, 0.25) is 5.91 Å². The van der Waals surface area contributed by atoms with Gasteiger partial charge in [-0.1, -0.05) is 18.2 Å². The summed E-state index contributed by atoms with van der Waals surface area (Å²) in [5, 5.41) is 20.0. The summed E-state index contributed by atoms with van der Waals surface area (Å²) in [7, 11) is 0. The Kier molecular flexibility index (Phi) is 7.75. The van der Waals surface area contributed by atoms with Crippen LogP contribution in [-0.4, -0.2) is 40.5 Å². The van der Waals surface area contributed by atoms with Crippen molar-refractivity contribution in [1.82, 2.24) is 5.32 Å². The third kappa shape index (κ3) is 6.58. The molecule has 0 aliphatic rings. The first-order valence-electron chi connectivity index (χ1n) is 6.44. The van der Waals surface area contributed by atoms with E-state index in [9.17, 15) is 9.59 Å². The molecule has 0 saturated heterocycles. The number of hydrogen-bond acceptors (Lipinski definition) is 4. The number of aliphatic hydroxyl groups is 1. The van der Waals surface area contributed by atoms with Crippen molar-refractivity contribution < 1.29 is 19.8 Å². The molecule has 1 aromatic carbocycles. The van der Waals surface area contributed by atoms with Crippen molar-refractivity contribution in [1.29, 1.82) is 0 Å². The molecule has 0 aliphatic carbocycles. The van der Waals surface area contributed by atoms with Crippen molar-refractivity contribution in [2.75, 3.05) is 12.4 Å². The van der Waals surface area contributed by atoms with Gasteiger partial charge in [-0.15, -0.1) is 11.8 Å². The van der Waals surface area contributed by atoms with Crippen LogP contribution in [0.2, 0.25) is 0 Å². The maximum Gasteiger partial charge on any atom is 0.326 e. The molecule has 5 nitrogen and oxygen atoms in total. The van der Waals surface area contributed by atoms with Gasteiger partial charge in [0.05, 0.1) is 0 Å². The Morgan fingerprint density at radius 2 is 1.95 bits per heavy atom. The Labute approximate surface area is 122 Å². The van der Waals surface area contributed by atoms with Crippen molar-refractivity contribution >= 4 is 23.6 Å². The van der Waals surface area contributed by atoms with Crippen molar-refractivity contribution in [2.45, 2.75) is 30.2 Å². The fourth-order valence-corrected chi connectivity index (χ4v) is 2.47. The molecule has 3 N–H and O–H groups in total. The highest BCUT2D eigenvalue weighted by Gasteiger charge is 2.18. The first-order valence-corrected chi connectivity index (χ1v) is 7.43. The zero-order valence-corrected chi connectivity index (χ0v) is 11.9. The lowest BCUT2D eigenvalue weighted by molar-refractivity contribution is -0.142. The number of aliphatic carboxylic acids is 1. The van der Waals surface area contributed by atoms with Crippen LogP contribution < -0.4 is 5.32 Å². The van der Waals surface area contributed by atoms with E-state index >= 15 is 0 Å². The molecule has 0 aliphatic heterocycles. The number of amides is 1. The normalized spacial score (nSPS) is 11.8. The largest absolute Gasteiger partial charge is 0.480 e. The van der Waals surface area contributed by atoms with Gasteiger partial charge in [0.1, 0.15) is 6.04 Å². The lowest BCUT2D eigenvalue weighted by Gasteiger charge is -2.12. The Morgan fingerprint density at radius 3 is 2.55 bits per heavy atom. The zero-order valence-electron chi connectivity index (χ0n) is 11.1. The Hall–Kier alpha value is -1.53. The Balaban J connectivity index is 2.21. The third-order valence-corrected chi connectivity index (χ3v) is 3.71. The van der Waals surface area contributed by atoms with Gasteiger partial charge >= 0.3 is 5.97 Å². The molecule has 20 heavy (non-hydrogen) atoms. The van der Waals surface area contributed by atoms with E-state index in [0.717, 1.165) is 10.6 Å². The van der Waals surface area contributed by atoms with Gasteiger partial charge in [-0.3, -0.25) is 4.79 Å². The van der Waals surface area contributed by atoms with E-state index in [4.69, 9.17) is 10.2 Å². The Bertz CT molecular complexity index is 424. The van der Waals surface area contributed by atoms with E-state index in [2.05, 4.69) is 5.32 Å². The van der Waals surface area contributed by atoms with Crippen molar-refractivity contribution in [3.8, 4) is 0 Å². The van der Waals surface area contributed by atoms with Crippen LogP contribution in [0.3, 0.4) is 0 Å². The van der Waals surface area contributed by atoms with Crippen molar-refractivity contribution in [3.05, 3.63) is 30.3 Å². The van der Waals surface area contributed by atoms with E-state index in [1.807, 2.05) is 30.3 Å². The molecule has 1 amide bonds. The van der Waals surface area contributed by atoms with Gasteiger partial charge in [-0.05, 0) is 24.3 Å². The summed E-state index contributed by atoms with van der Waals surface area (Å²) in [4.78, 5) is 23.5. The molecule has 0 bridgehead atoms. The second kappa shape index (κ2) is 9.39. The third-order valence-electron chi connectivity index (χ3n) is 2.61. The van der Waals surface area contributed by atoms with Gasteiger partial charge in [0.25, 0.3) is 0 Å². The van der Waals surface area contributed by atoms with E-state index in [0.29, 0.717) is 6.42 Å². The average Bonchev–Trinajstić information content (AvgIpc) is 2.44. The number of aliphatic hydroxyl groups excluding tert-OH is 1. The number of nitrogens with one attached hydrogen (secondary N) is 1. The fraction of sp³-hybridized carbons (Fsp3) is 0.429. The molecular formula is C14H19NO4S. The number of carboxylic acid groups (broad SMARTS) is 1. The van der Waals surface area contributed by atoms with Crippen molar-refractivity contribution in [2.24, 2.45) is 0 Å². The summed E-state index contributed by atoms with van der Waals surface area (Å²) in [6.45, 7) is -0.263. The summed E-state index contributed by atoms with van der Waals surface area (Å²) < 4.78 is 0. The van der Waals surface area contributed by atoms with Crippen molar-refractivity contribution in [3.63, 3.8) is 0 Å². The van der Waals surface area contributed by atoms with Gasteiger partial charge in [-0.25, -0.2) is 4.79 Å². The molecule has 110 valence electrons. The molecule has 1 atom stereocenters. The number of carboxylic acids is 1.